The van der Waals surface area contributed by atoms with Gasteiger partial charge >= 0.3 is 0 Å². The largest absolute Gasteiger partial charge is 0.451 e. The van der Waals surface area contributed by atoms with Crippen LogP contribution in [0.1, 0.15) is 10.6 Å². The molecule has 1 fully saturated rings. The third-order valence-electron chi connectivity index (χ3n) is 3.25. The monoisotopic (exact) mass is 307 g/mol. The quantitative estimate of drug-likeness (QED) is 0.846. The molecule has 0 atom stereocenters. The van der Waals surface area contributed by atoms with E-state index in [2.05, 4.69) is 0 Å². The van der Waals surface area contributed by atoms with E-state index in [-0.39, 0.29) is 5.91 Å². The summed E-state index contributed by atoms with van der Waals surface area (Å²) >= 11 is 8.01. The third-order valence-corrected chi connectivity index (χ3v) is 4.53. The Bertz CT molecular complexity index is 620. The van der Waals surface area contributed by atoms with Crippen LogP contribution in [-0.4, -0.2) is 35.4 Å². The van der Waals surface area contributed by atoms with Gasteiger partial charge in [0.05, 0.1) is 5.02 Å². The molecule has 1 aliphatic heterocycles. The van der Waals surface area contributed by atoms with Crippen molar-refractivity contribution in [3.05, 3.63) is 47.2 Å². The number of hydrogen-bond donors (Lipinski definition) is 0. The summed E-state index contributed by atoms with van der Waals surface area (Å²) in [5.41, 5.74) is 0.808. The van der Waals surface area contributed by atoms with Crippen LogP contribution >= 0.6 is 23.4 Å². The van der Waals surface area contributed by atoms with Gasteiger partial charge in [0.2, 0.25) is 0 Å². The molecule has 0 spiro atoms. The highest BCUT2D eigenvalue weighted by atomic mass is 35.5. The van der Waals surface area contributed by atoms with Crippen LogP contribution in [0.5, 0.6) is 0 Å². The number of furan rings is 1. The van der Waals surface area contributed by atoms with Crippen molar-refractivity contribution in [2.45, 2.75) is 0 Å². The third kappa shape index (κ3) is 2.72. The molecule has 3 rings (SSSR count). The maximum Gasteiger partial charge on any atom is 0.289 e. The lowest BCUT2D eigenvalue weighted by Crippen LogP contribution is -2.37. The molecule has 2 aromatic rings. The van der Waals surface area contributed by atoms with Gasteiger partial charge in [-0.25, -0.2) is 0 Å². The number of amides is 1. The van der Waals surface area contributed by atoms with Gasteiger partial charge in [-0.3, -0.25) is 4.79 Å². The standard InChI is InChI=1S/C15H14ClNO2S/c16-12-4-2-1-3-11(12)13-5-6-14(19-13)15(18)17-7-9-20-10-8-17/h1-6H,7-10H2. The number of rotatable bonds is 2. The molecule has 0 radical (unpaired) electrons. The Balaban J connectivity index is 1.83. The van der Waals surface area contributed by atoms with Crippen molar-refractivity contribution in [1.29, 1.82) is 0 Å². The van der Waals surface area contributed by atoms with Crippen LogP contribution in [0.3, 0.4) is 0 Å². The second-order valence-corrected chi connectivity index (χ2v) is 6.18. The maximum absolute atomic E-state index is 12.3. The number of benzene rings is 1. The normalized spacial score (nSPS) is 15.3. The Kier molecular flexibility index (Phi) is 4.03. The summed E-state index contributed by atoms with van der Waals surface area (Å²) in [6, 6.07) is 11.0. The summed E-state index contributed by atoms with van der Waals surface area (Å²) < 4.78 is 5.68. The molecule has 1 aromatic carbocycles. The van der Waals surface area contributed by atoms with E-state index in [4.69, 9.17) is 16.0 Å². The first-order chi connectivity index (χ1) is 9.75. The molecular weight excluding hydrogens is 294 g/mol. The number of halogens is 1. The molecule has 20 heavy (non-hydrogen) atoms. The van der Waals surface area contributed by atoms with Crippen molar-refractivity contribution in [2.75, 3.05) is 24.6 Å². The van der Waals surface area contributed by atoms with Gasteiger partial charge in [-0.1, -0.05) is 23.7 Å². The van der Waals surface area contributed by atoms with Crippen LogP contribution in [-0.2, 0) is 0 Å². The second-order valence-electron chi connectivity index (χ2n) is 4.55. The van der Waals surface area contributed by atoms with E-state index < -0.39 is 0 Å². The first-order valence-electron chi connectivity index (χ1n) is 6.47. The first-order valence-corrected chi connectivity index (χ1v) is 8.01. The first kappa shape index (κ1) is 13.6. The van der Waals surface area contributed by atoms with Gasteiger partial charge in [0.1, 0.15) is 5.76 Å². The molecule has 3 nitrogen and oxygen atoms in total. The molecule has 2 heterocycles. The number of carbonyl (C=O) groups excluding carboxylic acids is 1. The molecule has 0 bridgehead atoms. The van der Waals surface area contributed by atoms with Gasteiger partial charge in [-0.2, -0.15) is 11.8 Å². The van der Waals surface area contributed by atoms with Gasteiger partial charge in [0.25, 0.3) is 5.91 Å². The summed E-state index contributed by atoms with van der Waals surface area (Å²) in [6.07, 6.45) is 0. The molecule has 1 saturated heterocycles. The molecule has 1 amide bonds. The zero-order valence-electron chi connectivity index (χ0n) is 10.8. The predicted molar refractivity (Wildman–Crippen MR) is 82.4 cm³/mol. The second kappa shape index (κ2) is 5.94. The lowest BCUT2D eigenvalue weighted by atomic mass is 10.2. The topological polar surface area (TPSA) is 33.5 Å². The summed E-state index contributed by atoms with van der Waals surface area (Å²) in [6.45, 7) is 1.57. The fourth-order valence-electron chi connectivity index (χ4n) is 2.18. The zero-order chi connectivity index (χ0) is 13.9. The number of carbonyl (C=O) groups is 1. The minimum absolute atomic E-state index is 0.0383. The van der Waals surface area contributed by atoms with Crippen molar-refractivity contribution in [2.24, 2.45) is 0 Å². The maximum atomic E-state index is 12.3. The smallest absolute Gasteiger partial charge is 0.289 e. The summed E-state index contributed by atoms with van der Waals surface area (Å²) in [5, 5.41) is 0.621. The molecule has 5 heteroatoms. The highest BCUT2D eigenvalue weighted by Gasteiger charge is 2.21. The van der Waals surface area contributed by atoms with Crippen molar-refractivity contribution in [3.63, 3.8) is 0 Å². The van der Waals surface area contributed by atoms with E-state index in [9.17, 15) is 4.79 Å². The van der Waals surface area contributed by atoms with Gasteiger partial charge in [-0.05, 0) is 24.3 Å². The fourth-order valence-corrected chi connectivity index (χ4v) is 3.31. The van der Waals surface area contributed by atoms with Crippen LogP contribution < -0.4 is 0 Å². The van der Waals surface area contributed by atoms with E-state index in [1.165, 1.54) is 0 Å². The van der Waals surface area contributed by atoms with Crippen LogP contribution in [0, 0.1) is 0 Å². The van der Waals surface area contributed by atoms with Crippen molar-refractivity contribution in [1.82, 2.24) is 4.90 Å². The Morgan fingerprint density at radius 1 is 1.15 bits per heavy atom. The van der Waals surface area contributed by atoms with Gasteiger partial charge in [0, 0.05) is 30.2 Å². The van der Waals surface area contributed by atoms with E-state index in [0.717, 1.165) is 30.2 Å². The Morgan fingerprint density at radius 3 is 2.65 bits per heavy atom. The Morgan fingerprint density at radius 2 is 1.90 bits per heavy atom. The van der Waals surface area contributed by atoms with Gasteiger partial charge in [-0.15, -0.1) is 0 Å². The van der Waals surface area contributed by atoms with E-state index in [1.807, 2.05) is 40.9 Å². The average Bonchev–Trinajstić information content (AvgIpc) is 2.97. The highest BCUT2D eigenvalue weighted by Crippen LogP contribution is 2.29. The molecule has 1 aromatic heterocycles. The van der Waals surface area contributed by atoms with Crippen molar-refractivity contribution >= 4 is 29.3 Å². The van der Waals surface area contributed by atoms with Gasteiger partial charge in [0.15, 0.2) is 5.76 Å². The van der Waals surface area contributed by atoms with Crippen LogP contribution in [0.25, 0.3) is 11.3 Å². The SMILES string of the molecule is O=C(c1ccc(-c2ccccc2Cl)o1)N1CCSCC1. The molecular formula is C15H14ClNO2S. The van der Waals surface area contributed by atoms with Crippen LogP contribution in [0.15, 0.2) is 40.8 Å². The Hall–Kier alpha value is -1.39. The summed E-state index contributed by atoms with van der Waals surface area (Å²) in [5.74, 6) is 2.95. The molecule has 1 aliphatic rings. The number of nitrogens with zero attached hydrogens (tertiary/aromatic N) is 1. The molecule has 0 saturated carbocycles. The number of hydrogen-bond acceptors (Lipinski definition) is 3. The van der Waals surface area contributed by atoms with E-state index >= 15 is 0 Å². The number of thioether (sulfide) groups is 1. The summed E-state index contributed by atoms with van der Waals surface area (Å²) in [4.78, 5) is 14.2. The average molecular weight is 308 g/mol. The van der Waals surface area contributed by atoms with Crippen LogP contribution in [0.4, 0.5) is 0 Å². The van der Waals surface area contributed by atoms with E-state index in [0.29, 0.717) is 16.5 Å². The highest BCUT2D eigenvalue weighted by molar-refractivity contribution is 7.99. The van der Waals surface area contributed by atoms with Gasteiger partial charge < -0.3 is 9.32 Å². The van der Waals surface area contributed by atoms with Crippen LogP contribution in [0.2, 0.25) is 5.02 Å². The molecule has 0 N–H and O–H groups in total. The minimum Gasteiger partial charge on any atom is -0.451 e. The predicted octanol–water partition coefficient (Wildman–Crippen LogP) is 3.79. The molecule has 104 valence electrons. The Labute approximate surface area is 126 Å². The minimum atomic E-state index is -0.0383. The molecule has 0 unspecified atom stereocenters. The lowest BCUT2D eigenvalue weighted by Gasteiger charge is -2.25. The van der Waals surface area contributed by atoms with Crippen molar-refractivity contribution in [3.8, 4) is 11.3 Å². The van der Waals surface area contributed by atoms with Crippen molar-refractivity contribution < 1.29 is 9.21 Å². The summed E-state index contributed by atoms with van der Waals surface area (Å²) in [7, 11) is 0. The molecule has 0 aliphatic carbocycles. The fraction of sp³-hybridized carbons (Fsp3) is 0.267. The van der Waals surface area contributed by atoms with E-state index in [1.54, 1.807) is 12.1 Å². The zero-order valence-corrected chi connectivity index (χ0v) is 12.4. The lowest BCUT2D eigenvalue weighted by molar-refractivity contribution is 0.0741.